The molecular formula is C10H7N3O2. The van der Waals surface area contributed by atoms with E-state index in [0.717, 1.165) is 5.56 Å². The fraction of sp³-hybridized carbons (Fsp3) is 0.100. The highest BCUT2D eigenvalue weighted by atomic mass is 16.4. The fourth-order valence-corrected chi connectivity index (χ4v) is 1.17. The molecule has 2 aromatic rings. The van der Waals surface area contributed by atoms with Crippen LogP contribution in [-0.4, -0.2) is 16.3 Å². The van der Waals surface area contributed by atoms with Crippen LogP contribution in [-0.2, 0) is 4.79 Å². The lowest BCUT2D eigenvalue weighted by atomic mass is 10.2. The number of hydrogen-bond donors (Lipinski definition) is 0. The third-order valence-corrected chi connectivity index (χ3v) is 1.79. The van der Waals surface area contributed by atoms with Gasteiger partial charge in [-0.05, 0) is 18.2 Å². The molecule has 2 rings (SSSR count). The van der Waals surface area contributed by atoms with Gasteiger partial charge in [-0.2, -0.15) is 4.99 Å². The van der Waals surface area contributed by atoms with Crippen molar-refractivity contribution in [3.05, 3.63) is 30.2 Å². The van der Waals surface area contributed by atoms with Gasteiger partial charge in [0.25, 0.3) is 0 Å². The zero-order valence-electron chi connectivity index (χ0n) is 7.97. The van der Waals surface area contributed by atoms with Gasteiger partial charge in [0, 0.05) is 12.5 Å². The van der Waals surface area contributed by atoms with E-state index in [1.807, 2.05) is 0 Å². The van der Waals surface area contributed by atoms with Crippen LogP contribution in [0, 0.1) is 6.92 Å². The summed E-state index contributed by atoms with van der Waals surface area (Å²) in [6.07, 6.45) is 1.48. The predicted octanol–water partition coefficient (Wildman–Crippen LogP) is 2.01. The number of aromatic nitrogens is 2. The normalized spacial score (nSPS) is 9.67. The second-order valence-electron chi connectivity index (χ2n) is 2.88. The molecular weight excluding hydrogens is 194 g/mol. The molecule has 0 saturated heterocycles. The van der Waals surface area contributed by atoms with E-state index in [1.165, 1.54) is 6.08 Å². The largest absolute Gasteiger partial charge is 0.421 e. The molecule has 0 radical (unpaired) electrons. The number of hydrogen-bond acceptors (Lipinski definition) is 5. The minimum atomic E-state index is 0.412. The van der Waals surface area contributed by atoms with Crippen LogP contribution in [0.4, 0.5) is 5.69 Å². The molecule has 5 nitrogen and oxygen atoms in total. The second kappa shape index (κ2) is 3.86. The quantitative estimate of drug-likeness (QED) is 0.550. The summed E-state index contributed by atoms with van der Waals surface area (Å²) in [6.45, 7) is 1.71. The van der Waals surface area contributed by atoms with Gasteiger partial charge >= 0.3 is 0 Å². The van der Waals surface area contributed by atoms with E-state index in [0.29, 0.717) is 17.5 Å². The summed E-state index contributed by atoms with van der Waals surface area (Å²) in [6, 6.07) is 6.93. The molecule has 0 aliphatic rings. The van der Waals surface area contributed by atoms with Gasteiger partial charge in [0.2, 0.25) is 17.9 Å². The molecule has 5 heteroatoms. The van der Waals surface area contributed by atoms with Crippen LogP contribution in [0.25, 0.3) is 11.5 Å². The van der Waals surface area contributed by atoms with Crippen LogP contribution in [0.3, 0.4) is 0 Å². The second-order valence-corrected chi connectivity index (χ2v) is 2.88. The summed E-state index contributed by atoms with van der Waals surface area (Å²) in [7, 11) is 0. The standard InChI is InChI=1S/C10H7N3O2/c1-7-12-13-10(15-7)8-3-2-4-9(5-8)11-6-14/h2-5H,1H3. The maximum atomic E-state index is 10.1. The Kier molecular flexibility index (Phi) is 2.39. The number of benzene rings is 1. The van der Waals surface area contributed by atoms with Gasteiger partial charge in [0.1, 0.15) is 0 Å². The first-order chi connectivity index (χ1) is 7.29. The molecule has 0 fully saturated rings. The minimum absolute atomic E-state index is 0.412. The number of rotatable bonds is 2. The Morgan fingerprint density at radius 3 is 2.93 bits per heavy atom. The summed E-state index contributed by atoms with van der Waals surface area (Å²) in [5.41, 5.74) is 1.24. The van der Waals surface area contributed by atoms with Gasteiger partial charge in [0.05, 0.1) is 5.69 Å². The Hall–Kier alpha value is -2.26. The van der Waals surface area contributed by atoms with Gasteiger partial charge in [-0.3, -0.25) is 0 Å². The van der Waals surface area contributed by atoms with Crippen LogP contribution in [0.1, 0.15) is 5.89 Å². The molecule has 1 aromatic heterocycles. The summed E-state index contributed by atoms with van der Waals surface area (Å²) in [4.78, 5) is 13.6. The lowest BCUT2D eigenvalue weighted by molar-refractivity contribution is 0.533. The molecule has 0 amide bonds. The third-order valence-electron chi connectivity index (χ3n) is 1.79. The maximum Gasteiger partial charge on any atom is 0.247 e. The van der Waals surface area contributed by atoms with Crippen molar-refractivity contribution in [3.8, 4) is 11.5 Å². The van der Waals surface area contributed by atoms with Crippen molar-refractivity contribution >= 4 is 11.8 Å². The molecule has 0 aliphatic heterocycles. The van der Waals surface area contributed by atoms with Crippen molar-refractivity contribution in [1.82, 2.24) is 10.2 Å². The Balaban J connectivity index is 2.44. The number of nitrogens with zero attached hydrogens (tertiary/aromatic N) is 3. The Morgan fingerprint density at radius 1 is 1.40 bits per heavy atom. The number of aryl methyl sites for hydroxylation is 1. The molecule has 0 unspecified atom stereocenters. The lowest BCUT2D eigenvalue weighted by Crippen LogP contribution is -1.76. The Morgan fingerprint density at radius 2 is 2.27 bits per heavy atom. The van der Waals surface area contributed by atoms with Crippen molar-refractivity contribution < 1.29 is 9.21 Å². The van der Waals surface area contributed by atoms with Crippen molar-refractivity contribution in [3.63, 3.8) is 0 Å². The zero-order valence-corrected chi connectivity index (χ0v) is 7.97. The van der Waals surface area contributed by atoms with Gasteiger partial charge in [-0.1, -0.05) is 6.07 Å². The first kappa shape index (κ1) is 9.30. The molecule has 1 aromatic carbocycles. The summed E-state index contributed by atoms with van der Waals surface area (Å²) >= 11 is 0. The third kappa shape index (κ3) is 1.98. The minimum Gasteiger partial charge on any atom is -0.421 e. The average Bonchev–Trinajstić information content (AvgIpc) is 2.66. The molecule has 15 heavy (non-hydrogen) atoms. The predicted molar refractivity (Wildman–Crippen MR) is 52.3 cm³/mol. The molecule has 0 atom stereocenters. The highest BCUT2D eigenvalue weighted by Gasteiger charge is 2.05. The SMILES string of the molecule is Cc1nnc(-c2cccc(N=C=O)c2)o1. The van der Waals surface area contributed by atoms with E-state index < -0.39 is 0 Å². The Bertz CT molecular complexity index is 527. The summed E-state index contributed by atoms with van der Waals surface area (Å²) < 4.78 is 5.24. The average molecular weight is 201 g/mol. The number of carbonyl (C=O) groups excluding carboxylic acids is 1. The molecule has 0 aliphatic carbocycles. The van der Waals surface area contributed by atoms with E-state index in [4.69, 9.17) is 4.42 Å². The van der Waals surface area contributed by atoms with Crippen LogP contribution >= 0.6 is 0 Å². The zero-order chi connectivity index (χ0) is 10.7. The van der Waals surface area contributed by atoms with Crippen molar-refractivity contribution in [2.45, 2.75) is 6.92 Å². The van der Waals surface area contributed by atoms with Gasteiger partial charge in [-0.15, -0.1) is 10.2 Å². The first-order valence-corrected chi connectivity index (χ1v) is 4.28. The highest BCUT2D eigenvalue weighted by Crippen LogP contribution is 2.22. The molecule has 0 spiro atoms. The Labute approximate surface area is 85.5 Å². The van der Waals surface area contributed by atoms with Gasteiger partial charge in [0.15, 0.2) is 0 Å². The van der Waals surface area contributed by atoms with Crippen molar-refractivity contribution in [2.24, 2.45) is 4.99 Å². The fourth-order valence-electron chi connectivity index (χ4n) is 1.17. The van der Waals surface area contributed by atoms with E-state index in [1.54, 1.807) is 31.2 Å². The highest BCUT2D eigenvalue weighted by molar-refractivity contribution is 5.61. The molecule has 1 heterocycles. The molecule has 74 valence electrons. The van der Waals surface area contributed by atoms with Crippen LogP contribution in [0.2, 0.25) is 0 Å². The van der Waals surface area contributed by atoms with Gasteiger partial charge < -0.3 is 4.42 Å². The monoisotopic (exact) mass is 201 g/mol. The van der Waals surface area contributed by atoms with E-state index in [2.05, 4.69) is 15.2 Å². The molecule has 0 saturated carbocycles. The maximum absolute atomic E-state index is 10.1. The molecule has 0 N–H and O–H groups in total. The lowest BCUT2D eigenvalue weighted by Gasteiger charge is -1.94. The number of aliphatic imine (C=N–C) groups is 1. The van der Waals surface area contributed by atoms with Crippen molar-refractivity contribution in [1.29, 1.82) is 0 Å². The van der Waals surface area contributed by atoms with Crippen LogP contribution in [0.5, 0.6) is 0 Å². The van der Waals surface area contributed by atoms with Gasteiger partial charge in [-0.25, -0.2) is 4.79 Å². The van der Waals surface area contributed by atoms with E-state index in [-0.39, 0.29) is 0 Å². The van der Waals surface area contributed by atoms with Crippen LogP contribution < -0.4 is 0 Å². The summed E-state index contributed by atoms with van der Waals surface area (Å²) in [5, 5.41) is 7.57. The topological polar surface area (TPSA) is 68.3 Å². The number of isocyanates is 1. The van der Waals surface area contributed by atoms with E-state index in [9.17, 15) is 4.79 Å². The first-order valence-electron chi connectivity index (χ1n) is 4.28. The van der Waals surface area contributed by atoms with E-state index >= 15 is 0 Å². The smallest absolute Gasteiger partial charge is 0.247 e. The van der Waals surface area contributed by atoms with Crippen molar-refractivity contribution in [2.75, 3.05) is 0 Å². The van der Waals surface area contributed by atoms with Crippen LogP contribution in [0.15, 0.2) is 33.7 Å². The summed E-state index contributed by atoms with van der Waals surface area (Å²) in [5.74, 6) is 0.907. The molecule has 0 bridgehead atoms.